The summed E-state index contributed by atoms with van der Waals surface area (Å²) in [5.74, 6) is 3.92. The van der Waals surface area contributed by atoms with Gasteiger partial charge in [-0.2, -0.15) is 0 Å². The lowest BCUT2D eigenvalue weighted by atomic mass is 9.80. The van der Waals surface area contributed by atoms with Gasteiger partial charge in [0, 0.05) is 18.0 Å². The Morgan fingerprint density at radius 1 is 1.16 bits per heavy atom. The molecule has 1 aromatic heterocycles. The zero-order chi connectivity index (χ0) is 14.0. The number of nitrogens with two attached hydrogens (primary N) is 1. The molecule has 1 fully saturated rings. The van der Waals surface area contributed by atoms with E-state index in [1.54, 1.807) is 0 Å². The molecule has 0 bridgehead atoms. The Balaban J connectivity index is 2.16. The molecule has 1 aliphatic carbocycles. The fourth-order valence-corrected chi connectivity index (χ4v) is 3.14. The van der Waals surface area contributed by atoms with Gasteiger partial charge in [0.2, 0.25) is 0 Å². The fraction of sp³-hybridized carbons (Fsp3) is 0.733. The molecule has 19 heavy (non-hydrogen) atoms. The number of nitrogen functional groups attached to an aromatic ring is 1. The molecule has 0 amide bonds. The number of nitrogens with zero attached hydrogens (tertiary/aromatic N) is 2. The fourth-order valence-electron chi connectivity index (χ4n) is 3.14. The Hall–Kier alpha value is -1.32. The molecule has 1 heterocycles. The van der Waals surface area contributed by atoms with E-state index in [2.05, 4.69) is 36.1 Å². The van der Waals surface area contributed by atoms with Gasteiger partial charge >= 0.3 is 0 Å². The Labute approximate surface area is 116 Å². The summed E-state index contributed by atoms with van der Waals surface area (Å²) in [5, 5.41) is 3.59. The molecule has 106 valence electrons. The van der Waals surface area contributed by atoms with Crippen LogP contribution in [0.1, 0.15) is 51.4 Å². The van der Waals surface area contributed by atoms with E-state index >= 15 is 0 Å². The molecule has 4 heteroatoms. The SMILES string of the molecule is CCc1nc(N)c(C)c(NC2CC(C)CC(C)C2)n1. The van der Waals surface area contributed by atoms with Gasteiger partial charge in [-0.15, -0.1) is 0 Å². The molecule has 0 aliphatic heterocycles. The van der Waals surface area contributed by atoms with E-state index in [0.29, 0.717) is 11.9 Å². The predicted molar refractivity (Wildman–Crippen MR) is 80.1 cm³/mol. The van der Waals surface area contributed by atoms with Crippen LogP contribution in [0.25, 0.3) is 0 Å². The molecular formula is C15H26N4. The van der Waals surface area contributed by atoms with Crippen molar-refractivity contribution in [3.63, 3.8) is 0 Å². The molecule has 2 rings (SSSR count). The first-order chi connectivity index (χ1) is 8.99. The first kappa shape index (κ1) is 14.1. The summed E-state index contributed by atoms with van der Waals surface area (Å²) < 4.78 is 0. The van der Waals surface area contributed by atoms with Gasteiger partial charge < -0.3 is 11.1 Å². The van der Waals surface area contributed by atoms with Crippen LogP contribution in [0.5, 0.6) is 0 Å². The van der Waals surface area contributed by atoms with Crippen molar-refractivity contribution in [2.75, 3.05) is 11.1 Å². The molecule has 0 radical (unpaired) electrons. The van der Waals surface area contributed by atoms with E-state index < -0.39 is 0 Å². The highest BCUT2D eigenvalue weighted by Gasteiger charge is 2.24. The van der Waals surface area contributed by atoms with Gasteiger partial charge in [0.25, 0.3) is 0 Å². The van der Waals surface area contributed by atoms with Crippen LogP contribution in [0.15, 0.2) is 0 Å². The minimum Gasteiger partial charge on any atom is -0.383 e. The minimum atomic E-state index is 0.511. The van der Waals surface area contributed by atoms with E-state index in [1.165, 1.54) is 19.3 Å². The maximum absolute atomic E-state index is 5.97. The van der Waals surface area contributed by atoms with Crippen molar-refractivity contribution in [3.05, 3.63) is 11.4 Å². The van der Waals surface area contributed by atoms with Gasteiger partial charge in [-0.05, 0) is 38.0 Å². The van der Waals surface area contributed by atoms with Crippen LogP contribution in [0, 0.1) is 18.8 Å². The molecule has 3 N–H and O–H groups in total. The number of rotatable bonds is 3. The lowest BCUT2D eigenvalue weighted by Gasteiger charge is -2.32. The van der Waals surface area contributed by atoms with E-state index in [0.717, 1.165) is 35.5 Å². The number of hydrogen-bond acceptors (Lipinski definition) is 4. The van der Waals surface area contributed by atoms with Crippen molar-refractivity contribution >= 4 is 11.6 Å². The monoisotopic (exact) mass is 262 g/mol. The number of anilines is 2. The Bertz CT molecular complexity index is 434. The van der Waals surface area contributed by atoms with Crippen molar-refractivity contribution in [1.29, 1.82) is 0 Å². The molecule has 0 saturated heterocycles. The van der Waals surface area contributed by atoms with Gasteiger partial charge in [0.1, 0.15) is 17.5 Å². The van der Waals surface area contributed by atoms with Gasteiger partial charge in [-0.1, -0.05) is 20.8 Å². The molecular weight excluding hydrogens is 236 g/mol. The van der Waals surface area contributed by atoms with Crippen LogP contribution in [0.4, 0.5) is 11.6 Å². The van der Waals surface area contributed by atoms with Crippen LogP contribution >= 0.6 is 0 Å². The second-order valence-corrected chi connectivity index (χ2v) is 6.11. The molecule has 0 aromatic carbocycles. The van der Waals surface area contributed by atoms with Gasteiger partial charge in [-0.25, -0.2) is 9.97 Å². The van der Waals surface area contributed by atoms with Crippen LogP contribution in [-0.4, -0.2) is 16.0 Å². The van der Waals surface area contributed by atoms with Gasteiger partial charge in [0.15, 0.2) is 0 Å². The summed E-state index contributed by atoms with van der Waals surface area (Å²) in [5.41, 5.74) is 6.94. The molecule has 1 aliphatic rings. The minimum absolute atomic E-state index is 0.511. The number of aromatic nitrogens is 2. The highest BCUT2D eigenvalue weighted by Crippen LogP contribution is 2.31. The average Bonchev–Trinajstić information content (AvgIpc) is 2.33. The normalized spacial score (nSPS) is 27.3. The summed E-state index contributed by atoms with van der Waals surface area (Å²) in [4.78, 5) is 8.90. The number of hydrogen-bond donors (Lipinski definition) is 2. The Morgan fingerprint density at radius 3 is 2.37 bits per heavy atom. The van der Waals surface area contributed by atoms with Crippen molar-refractivity contribution in [2.45, 2.75) is 59.4 Å². The molecule has 4 nitrogen and oxygen atoms in total. The van der Waals surface area contributed by atoms with Crippen LogP contribution in [-0.2, 0) is 6.42 Å². The van der Waals surface area contributed by atoms with E-state index in [4.69, 9.17) is 5.73 Å². The first-order valence-corrected chi connectivity index (χ1v) is 7.39. The lowest BCUT2D eigenvalue weighted by Crippen LogP contribution is -2.31. The van der Waals surface area contributed by atoms with Crippen molar-refractivity contribution in [2.24, 2.45) is 11.8 Å². The third kappa shape index (κ3) is 3.37. The zero-order valence-electron chi connectivity index (χ0n) is 12.5. The third-order valence-corrected chi connectivity index (χ3v) is 4.07. The summed E-state index contributed by atoms with van der Waals surface area (Å²) in [6.45, 7) is 8.72. The molecule has 2 atom stereocenters. The van der Waals surface area contributed by atoms with Crippen molar-refractivity contribution in [1.82, 2.24) is 9.97 Å². The first-order valence-electron chi connectivity index (χ1n) is 7.39. The summed E-state index contributed by atoms with van der Waals surface area (Å²) in [6, 6.07) is 0.511. The molecule has 1 saturated carbocycles. The van der Waals surface area contributed by atoms with E-state index in [-0.39, 0.29) is 0 Å². The zero-order valence-corrected chi connectivity index (χ0v) is 12.5. The second-order valence-electron chi connectivity index (χ2n) is 6.11. The van der Waals surface area contributed by atoms with Crippen molar-refractivity contribution in [3.8, 4) is 0 Å². The average molecular weight is 262 g/mol. The highest BCUT2D eigenvalue weighted by molar-refractivity contribution is 5.55. The summed E-state index contributed by atoms with van der Waals surface area (Å²) in [7, 11) is 0. The molecule has 2 unspecified atom stereocenters. The summed E-state index contributed by atoms with van der Waals surface area (Å²) in [6.07, 6.45) is 4.59. The topological polar surface area (TPSA) is 63.8 Å². The molecule has 1 aromatic rings. The number of aryl methyl sites for hydroxylation is 1. The van der Waals surface area contributed by atoms with Gasteiger partial charge in [-0.3, -0.25) is 0 Å². The molecule has 0 spiro atoms. The predicted octanol–water partition coefficient (Wildman–Crippen LogP) is 3.17. The smallest absolute Gasteiger partial charge is 0.134 e. The maximum Gasteiger partial charge on any atom is 0.134 e. The van der Waals surface area contributed by atoms with Gasteiger partial charge in [0.05, 0.1) is 0 Å². The van der Waals surface area contributed by atoms with E-state index in [1.807, 2.05) is 6.92 Å². The summed E-state index contributed by atoms with van der Waals surface area (Å²) >= 11 is 0. The quantitative estimate of drug-likeness (QED) is 0.878. The standard InChI is InChI=1S/C15H26N4/c1-5-13-18-14(16)11(4)15(19-13)17-12-7-9(2)6-10(3)8-12/h9-10,12H,5-8H2,1-4H3,(H3,16,17,18,19). The third-order valence-electron chi connectivity index (χ3n) is 4.07. The Morgan fingerprint density at radius 2 is 1.79 bits per heavy atom. The lowest BCUT2D eigenvalue weighted by molar-refractivity contribution is 0.280. The van der Waals surface area contributed by atoms with Crippen molar-refractivity contribution < 1.29 is 0 Å². The Kier molecular flexibility index (Phi) is 4.27. The van der Waals surface area contributed by atoms with Crippen LogP contribution < -0.4 is 11.1 Å². The maximum atomic E-state index is 5.97. The van der Waals surface area contributed by atoms with Crippen LogP contribution in [0.3, 0.4) is 0 Å². The largest absolute Gasteiger partial charge is 0.383 e. The van der Waals surface area contributed by atoms with Crippen LogP contribution in [0.2, 0.25) is 0 Å². The number of nitrogens with one attached hydrogen (secondary N) is 1. The highest BCUT2D eigenvalue weighted by atomic mass is 15.1. The second kappa shape index (κ2) is 5.76. The van der Waals surface area contributed by atoms with E-state index in [9.17, 15) is 0 Å².